The molecular weight excluding hydrogens is 452 g/mol. The molecular formula is C23H33ClN2O5S. The smallest absolute Gasteiger partial charge is 0.410 e. The maximum atomic E-state index is 12.4. The number of piperazine rings is 1. The van der Waals surface area contributed by atoms with Crippen LogP contribution in [-0.4, -0.2) is 74.4 Å². The van der Waals surface area contributed by atoms with E-state index in [1.165, 1.54) is 0 Å². The van der Waals surface area contributed by atoms with Gasteiger partial charge in [-0.25, -0.2) is 13.2 Å². The molecule has 3 rings (SSSR count). The van der Waals surface area contributed by atoms with E-state index in [2.05, 4.69) is 4.90 Å². The van der Waals surface area contributed by atoms with Crippen LogP contribution >= 0.6 is 11.6 Å². The second-order valence-electron chi connectivity index (χ2n) is 9.24. The van der Waals surface area contributed by atoms with Crippen LogP contribution in [0, 0.1) is 12.8 Å². The number of Topliss-reactive ketones (excluding diaryl/α,β-unsaturated/α-hetero) is 1. The monoisotopic (exact) mass is 484 g/mol. The summed E-state index contributed by atoms with van der Waals surface area (Å²) in [5, 5.41) is 0.562. The van der Waals surface area contributed by atoms with Gasteiger partial charge in [0.1, 0.15) is 15.6 Å². The number of benzene rings is 1. The fourth-order valence-electron chi connectivity index (χ4n) is 3.99. The molecule has 0 radical (unpaired) electrons. The number of hydrogen-bond acceptors (Lipinski definition) is 6. The zero-order valence-electron chi connectivity index (χ0n) is 19.1. The van der Waals surface area contributed by atoms with Crippen LogP contribution in [0.1, 0.15) is 42.9 Å². The Kier molecular flexibility index (Phi) is 8.22. The van der Waals surface area contributed by atoms with Crippen LogP contribution in [0.5, 0.6) is 0 Å². The number of hydrogen-bond donors (Lipinski definition) is 0. The highest BCUT2D eigenvalue weighted by Crippen LogP contribution is 2.29. The van der Waals surface area contributed by atoms with Gasteiger partial charge in [-0.15, -0.1) is 0 Å². The number of sulfone groups is 1. The third-order valence-corrected chi connectivity index (χ3v) is 7.37. The van der Waals surface area contributed by atoms with E-state index in [9.17, 15) is 18.0 Å². The van der Waals surface area contributed by atoms with Gasteiger partial charge in [0.15, 0.2) is 0 Å². The molecule has 0 bridgehead atoms. The number of ketones is 1. The molecule has 1 amide bonds. The average Bonchev–Trinajstić information content (AvgIpc) is 3.52. The summed E-state index contributed by atoms with van der Waals surface area (Å²) in [7, 11) is -3.17. The normalized spacial score (nSPS) is 19.8. The van der Waals surface area contributed by atoms with Crippen molar-refractivity contribution in [2.75, 3.05) is 38.2 Å². The first-order chi connectivity index (χ1) is 15.0. The van der Waals surface area contributed by atoms with Crippen molar-refractivity contribution in [2.45, 2.75) is 52.1 Å². The molecule has 7 nitrogen and oxygen atoms in total. The first-order valence-electron chi connectivity index (χ1n) is 11.1. The Morgan fingerprint density at radius 1 is 1.19 bits per heavy atom. The van der Waals surface area contributed by atoms with E-state index < -0.39 is 9.84 Å². The first kappa shape index (κ1) is 25.0. The van der Waals surface area contributed by atoms with Crippen LogP contribution < -0.4 is 0 Å². The Bertz CT molecular complexity index is 961. The molecule has 1 aromatic rings. The number of carbonyl (C=O) groups excluding carboxylic acids is 2. The van der Waals surface area contributed by atoms with Crippen LogP contribution in [-0.2, 0) is 32.3 Å². The summed E-state index contributed by atoms with van der Waals surface area (Å²) in [5.41, 5.74) is 2.88. The summed E-state index contributed by atoms with van der Waals surface area (Å²) in [6.45, 7) is 7.28. The summed E-state index contributed by atoms with van der Waals surface area (Å²) in [6.07, 6.45) is 3.40. The van der Waals surface area contributed by atoms with Crippen molar-refractivity contribution in [3.05, 3.63) is 33.8 Å². The van der Waals surface area contributed by atoms with Crippen LogP contribution in [0.3, 0.4) is 0 Å². The highest BCUT2D eigenvalue weighted by molar-refractivity contribution is 7.90. The van der Waals surface area contributed by atoms with Crippen molar-refractivity contribution in [1.29, 1.82) is 0 Å². The summed E-state index contributed by atoms with van der Waals surface area (Å²) >= 11 is 6.34. The van der Waals surface area contributed by atoms with E-state index in [1.54, 1.807) is 11.0 Å². The highest BCUT2D eigenvalue weighted by Gasteiger charge is 2.30. The van der Waals surface area contributed by atoms with Gasteiger partial charge >= 0.3 is 6.09 Å². The van der Waals surface area contributed by atoms with Crippen LogP contribution in [0.15, 0.2) is 12.1 Å². The maximum absolute atomic E-state index is 12.4. The Morgan fingerprint density at radius 2 is 1.88 bits per heavy atom. The topological polar surface area (TPSA) is 84.0 Å². The zero-order valence-corrected chi connectivity index (χ0v) is 20.7. The van der Waals surface area contributed by atoms with Gasteiger partial charge in [-0.05, 0) is 61.4 Å². The summed E-state index contributed by atoms with van der Waals surface area (Å²) in [4.78, 5) is 28.7. The molecule has 32 heavy (non-hydrogen) atoms. The highest BCUT2D eigenvalue weighted by atomic mass is 35.5. The largest absolute Gasteiger partial charge is 0.449 e. The van der Waals surface area contributed by atoms with Crippen molar-refractivity contribution in [2.24, 2.45) is 5.92 Å². The molecule has 9 heteroatoms. The van der Waals surface area contributed by atoms with Gasteiger partial charge in [0.2, 0.25) is 0 Å². The minimum atomic E-state index is -3.17. The molecule has 1 atom stereocenters. The minimum Gasteiger partial charge on any atom is -0.449 e. The molecule has 1 aromatic carbocycles. The number of halogens is 1. The molecule has 1 heterocycles. The molecule has 1 saturated heterocycles. The molecule has 0 spiro atoms. The quantitative estimate of drug-likeness (QED) is 0.535. The minimum absolute atomic E-state index is 0.0104. The van der Waals surface area contributed by atoms with Gasteiger partial charge < -0.3 is 9.64 Å². The van der Waals surface area contributed by atoms with E-state index in [-0.39, 0.29) is 36.5 Å². The van der Waals surface area contributed by atoms with E-state index in [0.29, 0.717) is 30.6 Å². The Hall–Kier alpha value is -1.64. The Morgan fingerprint density at radius 3 is 2.50 bits per heavy atom. The summed E-state index contributed by atoms with van der Waals surface area (Å²) in [6, 6.07) is 3.75. The van der Waals surface area contributed by atoms with Crippen LogP contribution in [0.2, 0.25) is 5.02 Å². The molecule has 1 saturated carbocycles. The summed E-state index contributed by atoms with van der Waals surface area (Å²) in [5.74, 6) is 0.302. The van der Waals surface area contributed by atoms with Crippen molar-refractivity contribution >= 4 is 33.3 Å². The second kappa shape index (κ2) is 10.5. The van der Waals surface area contributed by atoms with Gasteiger partial charge in [-0.1, -0.05) is 11.6 Å². The summed E-state index contributed by atoms with van der Waals surface area (Å²) < 4.78 is 28.1. The number of carbonyl (C=O) groups is 2. The van der Waals surface area contributed by atoms with Crippen molar-refractivity contribution in [1.82, 2.24) is 9.80 Å². The lowest BCUT2D eigenvalue weighted by molar-refractivity contribution is -0.118. The van der Waals surface area contributed by atoms with Crippen LogP contribution in [0.25, 0.3) is 0 Å². The molecule has 0 N–H and O–H groups in total. The molecule has 0 unspecified atom stereocenters. The van der Waals surface area contributed by atoms with Crippen molar-refractivity contribution in [3.8, 4) is 0 Å². The lowest BCUT2D eigenvalue weighted by atomic mass is 9.97. The average molecular weight is 485 g/mol. The van der Waals surface area contributed by atoms with E-state index in [0.717, 1.165) is 48.9 Å². The van der Waals surface area contributed by atoms with Crippen molar-refractivity contribution in [3.63, 3.8) is 0 Å². The fourth-order valence-corrected chi connectivity index (χ4v) is 4.85. The molecule has 2 aliphatic rings. The predicted octanol–water partition coefficient (Wildman–Crippen LogP) is 3.25. The molecule has 1 aliphatic heterocycles. The van der Waals surface area contributed by atoms with Gasteiger partial charge in [-0.2, -0.15) is 0 Å². The third-order valence-electron chi connectivity index (χ3n) is 6.21. The fraction of sp³-hybridized carbons (Fsp3) is 0.652. The van der Waals surface area contributed by atoms with Crippen molar-refractivity contribution < 1.29 is 22.7 Å². The number of rotatable bonds is 9. The van der Waals surface area contributed by atoms with Crippen LogP contribution in [0.4, 0.5) is 4.79 Å². The standard InChI is InChI=1S/C23H33ClN2O5S/c1-16-13-25(7-8-26(16)23(28)31-15-18-4-5-18)14-20-11-21(24)10-19(17(20)2)12-22(27)6-9-32(3,29)30/h10-11,16,18H,4-9,12-15H2,1-3H3/t16-/m0/s1. The number of ether oxygens (including phenoxy) is 1. The van der Waals surface area contributed by atoms with Gasteiger partial charge in [-0.3, -0.25) is 9.69 Å². The molecule has 1 aliphatic carbocycles. The first-order valence-corrected chi connectivity index (χ1v) is 13.6. The predicted molar refractivity (Wildman–Crippen MR) is 125 cm³/mol. The number of amides is 1. The molecule has 178 valence electrons. The SMILES string of the molecule is Cc1c(CC(=O)CCS(C)(=O)=O)cc(Cl)cc1CN1CCN(C(=O)OCC2CC2)[C@@H](C)C1. The van der Waals surface area contributed by atoms with Gasteiger partial charge in [0.05, 0.1) is 12.4 Å². The van der Waals surface area contributed by atoms with E-state index in [4.69, 9.17) is 16.3 Å². The molecule has 2 fully saturated rings. The third kappa shape index (κ3) is 7.46. The van der Waals surface area contributed by atoms with Gasteiger partial charge in [0, 0.05) is 56.3 Å². The lowest BCUT2D eigenvalue weighted by Crippen LogP contribution is -2.53. The van der Waals surface area contributed by atoms with E-state index in [1.807, 2.05) is 19.9 Å². The maximum Gasteiger partial charge on any atom is 0.410 e. The van der Waals surface area contributed by atoms with Gasteiger partial charge in [0.25, 0.3) is 0 Å². The molecule has 0 aromatic heterocycles. The zero-order chi connectivity index (χ0) is 23.5. The van der Waals surface area contributed by atoms with E-state index >= 15 is 0 Å². The Labute approximate surface area is 196 Å². The second-order valence-corrected chi connectivity index (χ2v) is 11.9. The number of nitrogens with zero attached hydrogens (tertiary/aromatic N) is 2. The lowest BCUT2D eigenvalue weighted by Gasteiger charge is -2.39. The Balaban J connectivity index is 1.58.